The van der Waals surface area contributed by atoms with Gasteiger partial charge in [-0.3, -0.25) is 9.79 Å². The number of allylic oxidation sites excluding steroid dienone is 2. The summed E-state index contributed by atoms with van der Waals surface area (Å²) in [6.45, 7) is 4.77. The van der Waals surface area contributed by atoms with Crippen molar-refractivity contribution in [3.63, 3.8) is 0 Å². The van der Waals surface area contributed by atoms with Gasteiger partial charge in [0.05, 0.1) is 18.1 Å². The number of aliphatic imine (C=N–C) groups is 1. The van der Waals surface area contributed by atoms with Gasteiger partial charge in [-0.05, 0) is 44.9 Å². The lowest BCUT2D eigenvalue weighted by Gasteiger charge is -2.31. The molecule has 0 bridgehead atoms. The summed E-state index contributed by atoms with van der Waals surface area (Å²) in [7, 11) is 0. The van der Waals surface area contributed by atoms with Crippen LogP contribution in [0.1, 0.15) is 40.0 Å². The van der Waals surface area contributed by atoms with Gasteiger partial charge in [-0.15, -0.1) is 0 Å². The fraction of sp³-hybridized carbons (Fsp3) is 0.611. The number of carbonyl (C=O) groups is 2. The molecule has 0 aromatic heterocycles. The predicted molar refractivity (Wildman–Crippen MR) is 90.7 cm³/mol. The number of rotatable bonds is 6. The van der Waals surface area contributed by atoms with Gasteiger partial charge in [-0.25, -0.2) is 4.79 Å². The molecule has 3 atom stereocenters. The number of esters is 1. The summed E-state index contributed by atoms with van der Waals surface area (Å²) >= 11 is 0. The highest BCUT2D eigenvalue weighted by atomic mass is 19.4. The summed E-state index contributed by atoms with van der Waals surface area (Å²) in [5, 5.41) is 8.90. The number of aliphatic carboxylic acids is 1. The van der Waals surface area contributed by atoms with Crippen molar-refractivity contribution < 1.29 is 32.6 Å². The second-order valence-corrected chi connectivity index (χ2v) is 6.37. The number of hydrogen-bond acceptors (Lipinski definition) is 4. The van der Waals surface area contributed by atoms with E-state index < -0.39 is 23.3 Å². The van der Waals surface area contributed by atoms with Gasteiger partial charge in [-0.2, -0.15) is 13.2 Å². The van der Waals surface area contributed by atoms with Crippen molar-refractivity contribution in [3.05, 3.63) is 23.4 Å². The number of carboxylic acid groups (broad SMARTS) is 1. The van der Waals surface area contributed by atoms with Crippen molar-refractivity contribution in [1.29, 1.82) is 0 Å². The number of carbonyl (C=O) groups excluding carboxylic acids is 1. The van der Waals surface area contributed by atoms with Crippen LogP contribution in [0.3, 0.4) is 0 Å². The molecule has 1 saturated carbocycles. The molecule has 0 heterocycles. The summed E-state index contributed by atoms with van der Waals surface area (Å²) in [6, 6.07) is 0. The third kappa shape index (κ3) is 6.31. The van der Waals surface area contributed by atoms with Gasteiger partial charge in [0.15, 0.2) is 0 Å². The molecule has 0 unspecified atom stereocenters. The molecule has 1 rings (SSSR count). The fourth-order valence-corrected chi connectivity index (χ4v) is 2.97. The van der Waals surface area contributed by atoms with Crippen molar-refractivity contribution in [3.8, 4) is 0 Å². The average Bonchev–Trinajstić information content (AvgIpc) is 2.53. The smallest absolute Gasteiger partial charge is 0.413 e. The van der Waals surface area contributed by atoms with Crippen LogP contribution in [0.15, 0.2) is 28.4 Å². The third-order valence-corrected chi connectivity index (χ3v) is 4.51. The minimum atomic E-state index is -4.72. The summed E-state index contributed by atoms with van der Waals surface area (Å²) in [5.41, 5.74) is -2.09. The number of carboxylic acids is 1. The number of halogens is 3. The first-order valence-corrected chi connectivity index (χ1v) is 8.45. The van der Waals surface area contributed by atoms with Gasteiger partial charge in [0, 0.05) is 18.0 Å². The maximum atomic E-state index is 12.6. The Morgan fingerprint density at radius 1 is 1.31 bits per heavy atom. The Labute approximate surface area is 150 Å². The van der Waals surface area contributed by atoms with Crippen LogP contribution >= 0.6 is 0 Å². The molecule has 5 nitrogen and oxygen atoms in total. The Kier molecular flexibility index (Phi) is 8.05. The molecule has 0 saturated heterocycles. The van der Waals surface area contributed by atoms with Crippen LogP contribution in [0.2, 0.25) is 0 Å². The molecule has 0 amide bonds. The van der Waals surface area contributed by atoms with Gasteiger partial charge in [0.25, 0.3) is 0 Å². The quantitative estimate of drug-likeness (QED) is 0.430. The molecule has 1 fully saturated rings. The first-order valence-electron chi connectivity index (χ1n) is 8.45. The summed E-state index contributed by atoms with van der Waals surface area (Å²) in [6.07, 6.45) is 1.18. The standard InChI is InChI=1S/C18H24F3NO4/c1-4-26-17(25)14-6-5-13(9-11(14)2)7-8-22-10-15(16(23)24)12(3)18(19,20)21/h7-8,10-11,13-14H,4-6,9H2,1-3H3,(H,23,24)/b8-7+,15-12-,22-10-/t11-,13+,14+/m0/s1. The minimum absolute atomic E-state index is 0.128. The van der Waals surface area contributed by atoms with Crippen molar-refractivity contribution in [1.82, 2.24) is 0 Å². The minimum Gasteiger partial charge on any atom is -0.478 e. The molecule has 1 aliphatic carbocycles. The molecular formula is C18H24F3NO4. The molecule has 26 heavy (non-hydrogen) atoms. The van der Waals surface area contributed by atoms with E-state index in [2.05, 4.69) is 4.99 Å². The molecule has 1 aliphatic rings. The van der Waals surface area contributed by atoms with Gasteiger partial charge in [-0.1, -0.05) is 13.0 Å². The number of hydrogen-bond donors (Lipinski definition) is 1. The number of nitrogens with zero attached hydrogens (tertiary/aromatic N) is 1. The molecule has 1 N–H and O–H groups in total. The lowest BCUT2D eigenvalue weighted by Crippen LogP contribution is -2.30. The van der Waals surface area contributed by atoms with Crippen LogP contribution in [0, 0.1) is 17.8 Å². The zero-order valence-corrected chi connectivity index (χ0v) is 15.0. The third-order valence-electron chi connectivity index (χ3n) is 4.51. The highest BCUT2D eigenvalue weighted by Crippen LogP contribution is 2.35. The lowest BCUT2D eigenvalue weighted by atomic mass is 9.75. The van der Waals surface area contributed by atoms with E-state index >= 15 is 0 Å². The number of ether oxygens (including phenoxy) is 1. The van der Waals surface area contributed by atoms with Gasteiger partial charge in [0.1, 0.15) is 0 Å². The Hall–Kier alpha value is -2.12. The van der Waals surface area contributed by atoms with E-state index in [0.717, 1.165) is 12.8 Å². The van der Waals surface area contributed by atoms with E-state index in [1.807, 2.05) is 6.92 Å². The Balaban J connectivity index is 2.71. The summed E-state index contributed by atoms with van der Waals surface area (Å²) < 4.78 is 42.9. The van der Waals surface area contributed by atoms with Gasteiger partial charge in [0.2, 0.25) is 0 Å². The molecule has 146 valence electrons. The Morgan fingerprint density at radius 2 is 1.96 bits per heavy atom. The van der Waals surface area contributed by atoms with E-state index in [1.165, 1.54) is 6.20 Å². The average molecular weight is 375 g/mol. The largest absolute Gasteiger partial charge is 0.478 e. The van der Waals surface area contributed by atoms with E-state index in [4.69, 9.17) is 9.84 Å². The van der Waals surface area contributed by atoms with Gasteiger partial charge >= 0.3 is 18.1 Å². The van der Waals surface area contributed by atoms with E-state index in [0.29, 0.717) is 26.2 Å². The van der Waals surface area contributed by atoms with Crippen LogP contribution in [0.25, 0.3) is 0 Å². The molecule has 0 spiro atoms. The monoisotopic (exact) mass is 375 g/mol. The second kappa shape index (κ2) is 9.54. The van der Waals surface area contributed by atoms with Crippen LogP contribution in [-0.4, -0.2) is 36.0 Å². The predicted octanol–water partition coefficient (Wildman–Crippen LogP) is 4.15. The normalized spacial score (nSPS) is 25.4. The highest BCUT2D eigenvalue weighted by Gasteiger charge is 2.34. The van der Waals surface area contributed by atoms with Crippen LogP contribution in [0.5, 0.6) is 0 Å². The van der Waals surface area contributed by atoms with Crippen molar-refractivity contribution in [2.45, 2.75) is 46.2 Å². The topological polar surface area (TPSA) is 76.0 Å². The Bertz CT molecular complexity index is 608. The number of alkyl halides is 3. The first kappa shape index (κ1) is 21.9. The molecular weight excluding hydrogens is 351 g/mol. The second-order valence-electron chi connectivity index (χ2n) is 6.37. The zero-order valence-electron chi connectivity index (χ0n) is 15.0. The van der Waals surface area contributed by atoms with Crippen molar-refractivity contribution in [2.75, 3.05) is 6.61 Å². The van der Waals surface area contributed by atoms with Crippen molar-refractivity contribution >= 4 is 18.2 Å². The van der Waals surface area contributed by atoms with Crippen LogP contribution in [0.4, 0.5) is 13.2 Å². The Morgan fingerprint density at radius 3 is 2.46 bits per heavy atom. The van der Waals surface area contributed by atoms with Gasteiger partial charge < -0.3 is 9.84 Å². The summed E-state index contributed by atoms with van der Waals surface area (Å²) in [5.74, 6) is -1.75. The SMILES string of the molecule is CCOC(=O)[C@@H]1CC[C@H](/C=C/N=C\C(C(=O)O)=C(/C)C(F)(F)F)C[C@@H]1C. The fourth-order valence-electron chi connectivity index (χ4n) is 2.97. The van der Waals surface area contributed by atoms with Crippen LogP contribution < -0.4 is 0 Å². The summed E-state index contributed by atoms with van der Waals surface area (Å²) in [4.78, 5) is 26.5. The first-order chi connectivity index (χ1) is 12.1. The van der Waals surface area contributed by atoms with Crippen LogP contribution in [-0.2, 0) is 14.3 Å². The maximum absolute atomic E-state index is 12.6. The molecule has 0 aliphatic heterocycles. The molecule has 0 aromatic rings. The molecule has 0 aromatic carbocycles. The zero-order chi connectivity index (χ0) is 19.9. The lowest BCUT2D eigenvalue weighted by molar-refractivity contribution is -0.151. The molecule has 8 heteroatoms. The maximum Gasteiger partial charge on any atom is 0.413 e. The van der Waals surface area contributed by atoms with E-state index in [9.17, 15) is 22.8 Å². The molecule has 0 radical (unpaired) electrons. The highest BCUT2D eigenvalue weighted by molar-refractivity contribution is 6.09. The van der Waals surface area contributed by atoms with E-state index in [-0.39, 0.29) is 23.7 Å². The van der Waals surface area contributed by atoms with Crippen molar-refractivity contribution in [2.24, 2.45) is 22.7 Å². The van der Waals surface area contributed by atoms with E-state index in [1.54, 1.807) is 13.0 Å².